The number of carbonyl (C=O) groups is 1. The summed E-state index contributed by atoms with van der Waals surface area (Å²) in [5, 5.41) is 5.45. The summed E-state index contributed by atoms with van der Waals surface area (Å²) >= 11 is 1.49. The summed E-state index contributed by atoms with van der Waals surface area (Å²) in [5.74, 6) is 1.27. The molecule has 0 saturated heterocycles. The molecule has 4 rings (SSSR count). The molecule has 1 aliphatic rings. The van der Waals surface area contributed by atoms with Crippen molar-refractivity contribution in [3.05, 3.63) is 40.8 Å². The Morgan fingerprint density at radius 3 is 2.84 bits per heavy atom. The van der Waals surface area contributed by atoms with Gasteiger partial charge in [0.25, 0.3) is 5.91 Å². The van der Waals surface area contributed by atoms with Crippen LogP contribution in [-0.2, 0) is 0 Å². The molecule has 1 aromatic carbocycles. The van der Waals surface area contributed by atoms with Crippen molar-refractivity contribution in [3.63, 3.8) is 0 Å². The van der Waals surface area contributed by atoms with Crippen molar-refractivity contribution >= 4 is 38.4 Å². The van der Waals surface area contributed by atoms with Crippen LogP contribution in [0.2, 0.25) is 0 Å². The summed E-state index contributed by atoms with van der Waals surface area (Å²) in [4.78, 5) is 19.2. The number of carbonyl (C=O) groups excluding carboxylic acids is 1. The monoisotopic (exact) mass is 352 g/mol. The van der Waals surface area contributed by atoms with Gasteiger partial charge in [-0.05, 0) is 48.9 Å². The van der Waals surface area contributed by atoms with Gasteiger partial charge in [0.15, 0.2) is 0 Å². The van der Waals surface area contributed by atoms with Crippen molar-refractivity contribution in [2.75, 3.05) is 0 Å². The minimum absolute atomic E-state index is 0.0502. The Morgan fingerprint density at radius 1 is 1.16 bits per heavy atom. The molecule has 130 valence electrons. The molecule has 3 aromatic rings. The van der Waals surface area contributed by atoms with Gasteiger partial charge in [0.2, 0.25) is 0 Å². The molecular weight excluding hydrogens is 328 g/mol. The van der Waals surface area contributed by atoms with E-state index in [1.165, 1.54) is 29.7 Å². The van der Waals surface area contributed by atoms with Gasteiger partial charge in [0.05, 0.1) is 10.4 Å². The molecule has 0 spiro atoms. The van der Waals surface area contributed by atoms with Gasteiger partial charge in [-0.3, -0.25) is 4.79 Å². The molecule has 2 heterocycles. The third-order valence-corrected chi connectivity index (χ3v) is 6.75. The van der Waals surface area contributed by atoms with Crippen LogP contribution in [0.25, 0.3) is 21.1 Å². The van der Waals surface area contributed by atoms with E-state index in [0.717, 1.165) is 32.4 Å². The highest BCUT2D eigenvalue weighted by molar-refractivity contribution is 7.20. The van der Waals surface area contributed by atoms with Crippen LogP contribution in [0.5, 0.6) is 0 Å². The van der Waals surface area contributed by atoms with E-state index in [1.807, 2.05) is 6.07 Å². The molecule has 1 amide bonds. The summed E-state index contributed by atoms with van der Waals surface area (Å²) in [6.45, 7) is 6.63. The second-order valence-electron chi connectivity index (χ2n) is 7.54. The van der Waals surface area contributed by atoms with Crippen LogP contribution in [0.1, 0.15) is 48.3 Å². The molecule has 3 atom stereocenters. The molecule has 3 unspecified atom stereocenters. The molecular formula is C21H24N2OS. The maximum Gasteiger partial charge on any atom is 0.261 e. The van der Waals surface area contributed by atoms with Crippen LogP contribution in [-0.4, -0.2) is 16.9 Å². The number of nitrogens with zero attached hydrogens (tertiary/aromatic N) is 1. The average molecular weight is 353 g/mol. The van der Waals surface area contributed by atoms with E-state index in [1.54, 1.807) is 0 Å². The summed E-state index contributed by atoms with van der Waals surface area (Å²) in [7, 11) is 0. The number of nitrogens with one attached hydrogen (secondary N) is 1. The van der Waals surface area contributed by atoms with Crippen molar-refractivity contribution in [2.45, 2.75) is 46.1 Å². The van der Waals surface area contributed by atoms with Crippen LogP contribution in [0, 0.1) is 18.8 Å². The van der Waals surface area contributed by atoms with Crippen molar-refractivity contribution in [3.8, 4) is 0 Å². The molecule has 4 heteroatoms. The molecule has 1 saturated carbocycles. The smallest absolute Gasteiger partial charge is 0.261 e. The van der Waals surface area contributed by atoms with Gasteiger partial charge in [-0.15, -0.1) is 11.3 Å². The zero-order chi connectivity index (χ0) is 17.6. The number of hydrogen-bond acceptors (Lipinski definition) is 3. The fourth-order valence-corrected chi connectivity index (χ4v) is 4.80. The van der Waals surface area contributed by atoms with E-state index < -0.39 is 0 Å². The largest absolute Gasteiger partial charge is 0.348 e. The van der Waals surface area contributed by atoms with Gasteiger partial charge in [0.1, 0.15) is 4.83 Å². The maximum atomic E-state index is 12.8. The Morgan fingerprint density at radius 2 is 2.00 bits per heavy atom. The van der Waals surface area contributed by atoms with Crippen LogP contribution < -0.4 is 5.32 Å². The Hall–Kier alpha value is -1.94. The summed E-state index contributed by atoms with van der Waals surface area (Å²) < 4.78 is 0. The molecule has 0 bridgehead atoms. The van der Waals surface area contributed by atoms with Gasteiger partial charge in [-0.1, -0.05) is 38.8 Å². The van der Waals surface area contributed by atoms with Gasteiger partial charge >= 0.3 is 0 Å². The fraction of sp³-hybridized carbons (Fsp3) is 0.429. The number of benzene rings is 1. The predicted molar refractivity (Wildman–Crippen MR) is 105 cm³/mol. The van der Waals surface area contributed by atoms with E-state index in [4.69, 9.17) is 4.98 Å². The quantitative estimate of drug-likeness (QED) is 0.679. The molecule has 1 fully saturated rings. The Balaban J connectivity index is 1.62. The first-order valence-electron chi connectivity index (χ1n) is 9.13. The maximum absolute atomic E-state index is 12.8. The Bertz CT molecular complexity index is 946. The third kappa shape index (κ3) is 3.15. The van der Waals surface area contributed by atoms with Crippen LogP contribution in [0.3, 0.4) is 0 Å². The highest BCUT2D eigenvalue weighted by atomic mass is 32.1. The average Bonchev–Trinajstić information content (AvgIpc) is 3.00. The lowest BCUT2D eigenvalue weighted by molar-refractivity contribution is 0.0895. The second-order valence-corrected chi connectivity index (χ2v) is 8.57. The molecule has 25 heavy (non-hydrogen) atoms. The first-order valence-corrected chi connectivity index (χ1v) is 9.95. The molecule has 0 aliphatic heterocycles. The molecule has 3 nitrogen and oxygen atoms in total. The van der Waals surface area contributed by atoms with E-state index in [9.17, 15) is 4.79 Å². The first kappa shape index (κ1) is 16.5. The van der Waals surface area contributed by atoms with Crippen LogP contribution in [0.15, 0.2) is 30.3 Å². The van der Waals surface area contributed by atoms with Crippen molar-refractivity contribution in [1.29, 1.82) is 0 Å². The molecule has 1 N–H and O–H groups in total. The zero-order valence-electron chi connectivity index (χ0n) is 15.0. The molecule has 0 radical (unpaired) electrons. The third-order valence-electron chi connectivity index (χ3n) is 5.71. The summed E-state index contributed by atoms with van der Waals surface area (Å²) in [6.07, 6.45) is 3.56. The number of aromatic nitrogens is 1. The van der Waals surface area contributed by atoms with Crippen LogP contribution >= 0.6 is 11.3 Å². The topological polar surface area (TPSA) is 42.0 Å². The highest BCUT2D eigenvalue weighted by Gasteiger charge is 2.28. The summed E-state index contributed by atoms with van der Waals surface area (Å²) in [6, 6.07) is 10.7. The standard InChI is InChI=1S/C21H24N2OS/c1-12-7-8-15-10-16-11-19(25-21(16)23-18(15)9-12)20(24)22-17-6-4-5-13(2)14(17)3/h7-11,13-14,17H,4-6H2,1-3H3,(H,22,24). The Kier molecular flexibility index (Phi) is 4.24. The highest BCUT2D eigenvalue weighted by Crippen LogP contribution is 2.31. The number of rotatable bonds is 2. The van der Waals surface area contributed by atoms with E-state index >= 15 is 0 Å². The van der Waals surface area contributed by atoms with Crippen molar-refractivity contribution < 1.29 is 4.79 Å². The predicted octanol–water partition coefficient (Wildman–Crippen LogP) is 5.31. The number of fused-ring (bicyclic) bond motifs is 2. The fourth-order valence-electron chi connectivity index (χ4n) is 3.87. The Labute approximate surface area is 152 Å². The number of hydrogen-bond donors (Lipinski definition) is 1. The van der Waals surface area contributed by atoms with Crippen LogP contribution in [0.4, 0.5) is 0 Å². The minimum Gasteiger partial charge on any atom is -0.348 e. The van der Waals surface area contributed by atoms with Crippen molar-refractivity contribution in [1.82, 2.24) is 10.3 Å². The minimum atomic E-state index is 0.0502. The molecule has 2 aromatic heterocycles. The number of thiophene rings is 1. The lowest BCUT2D eigenvalue weighted by Crippen LogP contribution is -2.43. The van der Waals surface area contributed by atoms with E-state index in [-0.39, 0.29) is 11.9 Å². The number of aryl methyl sites for hydroxylation is 1. The van der Waals surface area contributed by atoms with E-state index in [0.29, 0.717) is 11.8 Å². The van der Waals surface area contributed by atoms with E-state index in [2.05, 4.69) is 50.4 Å². The van der Waals surface area contributed by atoms with Crippen molar-refractivity contribution in [2.24, 2.45) is 11.8 Å². The van der Waals surface area contributed by atoms with Gasteiger partial charge in [-0.25, -0.2) is 4.98 Å². The molecule has 1 aliphatic carbocycles. The lowest BCUT2D eigenvalue weighted by atomic mass is 9.78. The number of pyridine rings is 1. The number of amides is 1. The lowest BCUT2D eigenvalue weighted by Gasteiger charge is -2.34. The SMILES string of the molecule is Cc1ccc2cc3cc(C(=O)NC4CCCC(C)C4C)sc3nc2c1. The zero-order valence-corrected chi connectivity index (χ0v) is 15.8. The second kappa shape index (κ2) is 6.41. The first-order chi connectivity index (χ1) is 12.0. The van der Waals surface area contributed by atoms with Gasteiger partial charge in [0, 0.05) is 16.8 Å². The van der Waals surface area contributed by atoms with Gasteiger partial charge in [-0.2, -0.15) is 0 Å². The summed E-state index contributed by atoms with van der Waals surface area (Å²) in [5.41, 5.74) is 2.20. The van der Waals surface area contributed by atoms with Gasteiger partial charge < -0.3 is 5.32 Å². The normalized spacial score (nSPS) is 23.9.